The zero-order chi connectivity index (χ0) is 15.7. The number of nitrogens with zero attached hydrogens (tertiary/aromatic N) is 1. The number of hydrogen-bond donors (Lipinski definition) is 2. The summed E-state index contributed by atoms with van der Waals surface area (Å²) in [6.45, 7) is 4.11. The molecule has 2 aromatic rings. The molecule has 0 saturated heterocycles. The minimum atomic E-state index is -0.372. The summed E-state index contributed by atoms with van der Waals surface area (Å²) in [7, 11) is 0. The number of rotatable bonds is 2. The first kappa shape index (κ1) is 15.3. The summed E-state index contributed by atoms with van der Waals surface area (Å²) in [4.78, 5) is 4.83. The van der Waals surface area contributed by atoms with E-state index in [1.54, 1.807) is 6.07 Å². The van der Waals surface area contributed by atoms with E-state index in [9.17, 15) is 5.11 Å². The number of hydrogen-bond acceptors (Lipinski definition) is 3. The Balaban J connectivity index is 1.99. The van der Waals surface area contributed by atoms with Crippen LogP contribution in [0.1, 0.15) is 37.4 Å². The summed E-state index contributed by atoms with van der Waals surface area (Å²) in [5.41, 5.74) is 2.71. The quantitative estimate of drug-likeness (QED) is 0.834. The van der Waals surface area contributed by atoms with Crippen molar-refractivity contribution in [1.29, 1.82) is 0 Å². The monoisotopic (exact) mass is 358 g/mol. The Kier molecular flexibility index (Phi) is 4.06. The number of halogens is 1. The number of aromatic hydroxyl groups is 1. The van der Waals surface area contributed by atoms with E-state index in [1.165, 1.54) is 0 Å². The third-order valence-corrected chi connectivity index (χ3v) is 4.30. The van der Waals surface area contributed by atoms with Crippen LogP contribution in [-0.2, 0) is 0 Å². The lowest BCUT2D eigenvalue weighted by Gasteiger charge is -2.35. The van der Waals surface area contributed by atoms with E-state index in [0.717, 1.165) is 27.7 Å². The zero-order valence-electron chi connectivity index (χ0n) is 12.7. The third-order valence-electron chi connectivity index (χ3n) is 3.81. The molecular formula is C18H19BrN2O. The molecule has 4 heteroatoms. The average molecular weight is 359 g/mol. The van der Waals surface area contributed by atoms with Gasteiger partial charge in [0, 0.05) is 28.2 Å². The van der Waals surface area contributed by atoms with Gasteiger partial charge in [0.2, 0.25) is 0 Å². The van der Waals surface area contributed by atoms with Gasteiger partial charge in [-0.1, -0.05) is 46.3 Å². The first-order valence-electron chi connectivity index (χ1n) is 7.35. The molecule has 0 amide bonds. The van der Waals surface area contributed by atoms with Gasteiger partial charge >= 0.3 is 0 Å². The maximum Gasteiger partial charge on any atom is 0.120 e. The topological polar surface area (TPSA) is 44.6 Å². The van der Waals surface area contributed by atoms with Crippen LogP contribution >= 0.6 is 15.9 Å². The minimum absolute atomic E-state index is 0.0441. The fourth-order valence-corrected chi connectivity index (χ4v) is 3.31. The van der Waals surface area contributed by atoms with E-state index in [1.807, 2.05) is 30.3 Å². The van der Waals surface area contributed by atoms with E-state index in [-0.39, 0.29) is 11.7 Å². The van der Waals surface area contributed by atoms with E-state index in [0.29, 0.717) is 5.75 Å². The normalized spacial score (nSPS) is 20.5. The SMILES string of the molecule is CC1(C)N=C(c2cccc(Br)c2)CC(c2ccccc2O)N1. The van der Waals surface area contributed by atoms with Gasteiger partial charge in [-0.2, -0.15) is 0 Å². The van der Waals surface area contributed by atoms with Crippen molar-refractivity contribution in [1.82, 2.24) is 5.32 Å². The standard InChI is InChI=1S/C18H19BrN2O/c1-18(2)20-15(12-6-5-7-13(19)10-12)11-16(21-18)14-8-3-4-9-17(14)22/h3-10,16,21-22H,11H2,1-2H3. The predicted molar refractivity (Wildman–Crippen MR) is 93.4 cm³/mol. The second-order valence-corrected chi connectivity index (χ2v) is 7.00. The van der Waals surface area contributed by atoms with Gasteiger partial charge < -0.3 is 5.11 Å². The van der Waals surface area contributed by atoms with Gasteiger partial charge in [0.15, 0.2) is 0 Å². The largest absolute Gasteiger partial charge is 0.508 e. The Morgan fingerprint density at radius 2 is 1.95 bits per heavy atom. The number of benzene rings is 2. The molecule has 1 atom stereocenters. The van der Waals surface area contributed by atoms with Crippen molar-refractivity contribution >= 4 is 21.6 Å². The molecule has 2 aromatic carbocycles. The van der Waals surface area contributed by atoms with Gasteiger partial charge in [-0.05, 0) is 37.6 Å². The fourth-order valence-electron chi connectivity index (χ4n) is 2.91. The molecule has 0 radical (unpaired) electrons. The summed E-state index contributed by atoms with van der Waals surface area (Å²) >= 11 is 3.52. The van der Waals surface area contributed by atoms with E-state index < -0.39 is 0 Å². The smallest absolute Gasteiger partial charge is 0.120 e. The molecule has 114 valence electrons. The third kappa shape index (κ3) is 3.23. The van der Waals surface area contributed by atoms with E-state index in [4.69, 9.17) is 4.99 Å². The molecule has 2 N–H and O–H groups in total. The van der Waals surface area contributed by atoms with E-state index in [2.05, 4.69) is 47.2 Å². The Morgan fingerprint density at radius 3 is 2.68 bits per heavy atom. The zero-order valence-corrected chi connectivity index (χ0v) is 14.3. The van der Waals surface area contributed by atoms with Crippen molar-refractivity contribution < 1.29 is 5.11 Å². The Bertz CT molecular complexity index is 725. The Hall–Kier alpha value is -1.65. The second kappa shape index (κ2) is 5.86. The van der Waals surface area contributed by atoms with Crippen molar-refractivity contribution in [2.24, 2.45) is 4.99 Å². The van der Waals surface area contributed by atoms with Crippen LogP contribution in [-0.4, -0.2) is 16.5 Å². The molecule has 1 unspecified atom stereocenters. The van der Waals surface area contributed by atoms with Crippen molar-refractivity contribution in [3.8, 4) is 5.75 Å². The lowest BCUT2D eigenvalue weighted by Crippen LogP contribution is -2.45. The highest BCUT2D eigenvalue weighted by atomic mass is 79.9. The fraction of sp³-hybridized carbons (Fsp3) is 0.278. The summed E-state index contributed by atoms with van der Waals surface area (Å²) in [6, 6.07) is 15.7. The molecule has 22 heavy (non-hydrogen) atoms. The number of nitrogens with one attached hydrogen (secondary N) is 1. The van der Waals surface area contributed by atoms with Gasteiger partial charge in [-0.3, -0.25) is 10.3 Å². The van der Waals surface area contributed by atoms with Crippen LogP contribution in [0.3, 0.4) is 0 Å². The molecule has 0 spiro atoms. The lowest BCUT2D eigenvalue weighted by atomic mass is 9.92. The highest BCUT2D eigenvalue weighted by Gasteiger charge is 2.30. The molecule has 0 aromatic heterocycles. The first-order valence-corrected chi connectivity index (χ1v) is 8.14. The van der Waals surface area contributed by atoms with E-state index >= 15 is 0 Å². The second-order valence-electron chi connectivity index (χ2n) is 6.09. The molecule has 1 heterocycles. The molecule has 0 saturated carbocycles. The molecule has 0 bridgehead atoms. The van der Waals surface area contributed by atoms with Crippen molar-refractivity contribution in [2.45, 2.75) is 32.0 Å². The maximum absolute atomic E-state index is 10.1. The summed E-state index contributed by atoms with van der Waals surface area (Å²) in [5, 5.41) is 13.7. The number of phenolic OH excluding ortho intramolecular Hbond substituents is 1. The van der Waals surface area contributed by atoms with Gasteiger partial charge in [-0.25, -0.2) is 0 Å². The first-order chi connectivity index (χ1) is 10.4. The molecule has 3 rings (SSSR count). The van der Waals surface area contributed by atoms with Gasteiger partial charge in [0.1, 0.15) is 11.4 Å². The summed E-state index contributed by atoms with van der Waals surface area (Å²) in [6.07, 6.45) is 0.747. The molecular weight excluding hydrogens is 340 g/mol. The Labute approximate surface area is 139 Å². The highest BCUT2D eigenvalue weighted by molar-refractivity contribution is 9.10. The molecule has 1 aliphatic rings. The van der Waals surface area contributed by atoms with Crippen LogP contribution < -0.4 is 5.32 Å². The van der Waals surface area contributed by atoms with Gasteiger partial charge in [-0.15, -0.1) is 0 Å². The lowest BCUT2D eigenvalue weighted by molar-refractivity contribution is 0.328. The van der Waals surface area contributed by atoms with Crippen molar-refractivity contribution in [3.63, 3.8) is 0 Å². The molecule has 1 aliphatic heterocycles. The summed E-state index contributed by atoms with van der Waals surface area (Å²) < 4.78 is 1.04. The highest BCUT2D eigenvalue weighted by Crippen LogP contribution is 2.33. The van der Waals surface area contributed by atoms with Gasteiger partial charge in [0.05, 0.1) is 0 Å². The van der Waals surface area contributed by atoms with Crippen LogP contribution in [0.2, 0.25) is 0 Å². The molecule has 0 aliphatic carbocycles. The summed E-state index contributed by atoms with van der Waals surface area (Å²) in [5.74, 6) is 0.325. The van der Waals surface area contributed by atoms with Crippen molar-refractivity contribution in [3.05, 3.63) is 64.1 Å². The number of phenols is 1. The van der Waals surface area contributed by atoms with Gasteiger partial charge in [0.25, 0.3) is 0 Å². The molecule has 3 nitrogen and oxygen atoms in total. The Morgan fingerprint density at radius 1 is 1.18 bits per heavy atom. The van der Waals surface area contributed by atoms with Crippen molar-refractivity contribution in [2.75, 3.05) is 0 Å². The minimum Gasteiger partial charge on any atom is -0.508 e. The van der Waals surface area contributed by atoms with Crippen LogP contribution in [0.5, 0.6) is 5.75 Å². The molecule has 0 fully saturated rings. The maximum atomic E-state index is 10.1. The number of para-hydroxylation sites is 1. The average Bonchev–Trinajstić information content (AvgIpc) is 2.46. The van der Waals surface area contributed by atoms with Crippen LogP contribution in [0.25, 0.3) is 0 Å². The van der Waals surface area contributed by atoms with Crippen LogP contribution in [0.4, 0.5) is 0 Å². The number of aliphatic imine (C=N–C) groups is 1. The predicted octanol–water partition coefficient (Wildman–Crippen LogP) is 4.41. The van der Waals surface area contributed by atoms with Crippen LogP contribution in [0, 0.1) is 0 Å². The van der Waals surface area contributed by atoms with Crippen LogP contribution in [0.15, 0.2) is 58.0 Å².